The normalized spacial score (nSPS) is 11.4. The summed E-state index contributed by atoms with van der Waals surface area (Å²) in [5, 5.41) is 0. The fourth-order valence-corrected chi connectivity index (χ4v) is 1.77. The van der Waals surface area contributed by atoms with Gasteiger partial charge in [-0.05, 0) is 35.9 Å². The highest BCUT2D eigenvalue weighted by Crippen LogP contribution is 2.37. The summed E-state index contributed by atoms with van der Waals surface area (Å²) in [6, 6.07) is 8.46. The van der Waals surface area contributed by atoms with Crippen LogP contribution in [0, 0.1) is 5.82 Å². The minimum Gasteiger partial charge on any atom is -0.496 e. The second-order valence-electron chi connectivity index (χ2n) is 3.92. The summed E-state index contributed by atoms with van der Waals surface area (Å²) in [6.07, 6.45) is -4.45. The third kappa shape index (κ3) is 2.86. The summed E-state index contributed by atoms with van der Waals surface area (Å²) in [4.78, 5) is 0. The van der Waals surface area contributed by atoms with E-state index in [0.29, 0.717) is 5.56 Å². The minimum absolute atomic E-state index is 0.205. The highest BCUT2D eigenvalue weighted by Gasteiger charge is 2.31. The molecule has 0 N–H and O–H groups in total. The van der Waals surface area contributed by atoms with Gasteiger partial charge in [0.2, 0.25) is 0 Å². The molecule has 1 nitrogen and oxygen atoms in total. The first kappa shape index (κ1) is 13.4. The Hall–Kier alpha value is -2.04. The van der Waals surface area contributed by atoms with Gasteiger partial charge in [0, 0.05) is 5.56 Å². The summed E-state index contributed by atoms with van der Waals surface area (Å²) >= 11 is 0. The summed E-state index contributed by atoms with van der Waals surface area (Å²) < 4.78 is 56.2. The summed E-state index contributed by atoms with van der Waals surface area (Å²) in [6.45, 7) is 0. The third-order valence-corrected chi connectivity index (χ3v) is 2.66. The van der Waals surface area contributed by atoms with Crippen molar-refractivity contribution in [1.82, 2.24) is 0 Å². The molecule has 2 aromatic carbocycles. The van der Waals surface area contributed by atoms with Gasteiger partial charge in [-0.1, -0.05) is 12.1 Å². The van der Waals surface area contributed by atoms with Crippen molar-refractivity contribution in [1.29, 1.82) is 0 Å². The monoisotopic (exact) mass is 270 g/mol. The zero-order valence-electron chi connectivity index (χ0n) is 9.96. The lowest BCUT2D eigenvalue weighted by Crippen LogP contribution is -2.05. The number of ether oxygens (including phenoxy) is 1. The average Bonchev–Trinajstić information content (AvgIpc) is 2.37. The van der Waals surface area contributed by atoms with E-state index in [0.717, 1.165) is 18.2 Å². The Kier molecular flexibility index (Phi) is 3.46. The predicted molar refractivity (Wildman–Crippen MR) is 63.4 cm³/mol. The van der Waals surface area contributed by atoms with Gasteiger partial charge in [0.05, 0.1) is 12.7 Å². The zero-order chi connectivity index (χ0) is 14.0. The standard InChI is InChI=1S/C14H10F4O/c1-19-13-6-5-10(14(16,17)18)8-12(13)9-3-2-4-11(15)7-9/h2-8H,1H3. The first-order valence-corrected chi connectivity index (χ1v) is 5.43. The van der Waals surface area contributed by atoms with Gasteiger partial charge in [0.15, 0.2) is 0 Å². The molecule has 0 unspecified atom stereocenters. The van der Waals surface area contributed by atoms with E-state index in [-0.39, 0.29) is 11.3 Å². The Bertz CT molecular complexity index is 590. The lowest BCUT2D eigenvalue weighted by Gasteiger charge is -2.13. The molecule has 0 aliphatic rings. The topological polar surface area (TPSA) is 9.23 Å². The number of hydrogen-bond acceptors (Lipinski definition) is 1. The Balaban J connectivity index is 2.60. The van der Waals surface area contributed by atoms with Gasteiger partial charge < -0.3 is 4.74 Å². The Morgan fingerprint density at radius 2 is 1.74 bits per heavy atom. The van der Waals surface area contributed by atoms with E-state index < -0.39 is 17.6 Å². The smallest absolute Gasteiger partial charge is 0.416 e. The van der Waals surface area contributed by atoms with Crippen LogP contribution in [0.1, 0.15) is 5.56 Å². The van der Waals surface area contributed by atoms with Crippen molar-refractivity contribution in [3.8, 4) is 16.9 Å². The molecular formula is C14H10F4O. The number of halogens is 4. The molecule has 2 aromatic rings. The van der Waals surface area contributed by atoms with Crippen molar-refractivity contribution < 1.29 is 22.3 Å². The Morgan fingerprint density at radius 3 is 2.32 bits per heavy atom. The van der Waals surface area contributed by atoms with Crippen LogP contribution >= 0.6 is 0 Å². The molecule has 0 spiro atoms. The van der Waals surface area contributed by atoms with Crippen LogP contribution in [-0.4, -0.2) is 7.11 Å². The van der Waals surface area contributed by atoms with Gasteiger partial charge in [-0.3, -0.25) is 0 Å². The van der Waals surface area contributed by atoms with Gasteiger partial charge in [-0.25, -0.2) is 4.39 Å². The van der Waals surface area contributed by atoms with Gasteiger partial charge in [0.1, 0.15) is 11.6 Å². The highest BCUT2D eigenvalue weighted by atomic mass is 19.4. The van der Waals surface area contributed by atoms with Crippen molar-refractivity contribution in [3.63, 3.8) is 0 Å². The molecule has 0 radical (unpaired) electrons. The molecule has 5 heteroatoms. The number of methoxy groups -OCH3 is 1. The Morgan fingerprint density at radius 1 is 1.00 bits per heavy atom. The predicted octanol–water partition coefficient (Wildman–Crippen LogP) is 4.52. The molecule has 100 valence electrons. The molecule has 0 heterocycles. The average molecular weight is 270 g/mol. The van der Waals surface area contributed by atoms with Crippen LogP contribution in [-0.2, 0) is 6.18 Å². The van der Waals surface area contributed by atoms with E-state index in [9.17, 15) is 17.6 Å². The fraction of sp³-hybridized carbons (Fsp3) is 0.143. The van der Waals surface area contributed by atoms with E-state index in [2.05, 4.69) is 0 Å². The van der Waals surface area contributed by atoms with Crippen LogP contribution in [0.5, 0.6) is 5.75 Å². The third-order valence-electron chi connectivity index (χ3n) is 2.66. The molecule has 0 aliphatic carbocycles. The summed E-state index contributed by atoms with van der Waals surface area (Å²) in [7, 11) is 1.35. The van der Waals surface area contributed by atoms with Crippen molar-refractivity contribution in [2.45, 2.75) is 6.18 Å². The first-order valence-electron chi connectivity index (χ1n) is 5.43. The summed E-state index contributed by atoms with van der Waals surface area (Å²) in [5.41, 5.74) is -0.257. The minimum atomic E-state index is -4.45. The zero-order valence-corrected chi connectivity index (χ0v) is 9.96. The molecule has 0 saturated heterocycles. The van der Waals surface area contributed by atoms with Crippen LogP contribution < -0.4 is 4.74 Å². The van der Waals surface area contributed by atoms with Crippen molar-refractivity contribution in [2.24, 2.45) is 0 Å². The van der Waals surface area contributed by atoms with Crippen molar-refractivity contribution >= 4 is 0 Å². The van der Waals surface area contributed by atoms with E-state index in [1.165, 1.54) is 31.4 Å². The Labute approximate surface area is 107 Å². The fourth-order valence-electron chi connectivity index (χ4n) is 1.77. The van der Waals surface area contributed by atoms with Crippen LogP contribution in [0.2, 0.25) is 0 Å². The second kappa shape index (κ2) is 4.91. The maximum Gasteiger partial charge on any atom is 0.416 e. The molecule has 0 saturated carbocycles. The van der Waals surface area contributed by atoms with Crippen molar-refractivity contribution in [2.75, 3.05) is 7.11 Å². The molecule has 0 aliphatic heterocycles. The summed E-state index contributed by atoms with van der Waals surface area (Å²) in [5.74, 6) is -0.254. The second-order valence-corrected chi connectivity index (χ2v) is 3.92. The molecule has 0 atom stereocenters. The molecule has 2 rings (SSSR count). The van der Waals surface area contributed by atoms with Gasteiger partial charge in [0.25, 0.3) is 0 Å². The molecule has 0 fully saturated rings. The van der Waals surface area contributed by atoms with E-state index in [4.69, 9.17) is 4.74 Å². The molecule has 0 bridgehead atoms. The molecular weight excluding hydrogens is 260 g/mol. The van der Waals surface area contributed by atoms with Crippen LogP contribution in [0.3, 0.4) is 0 Å². The van der Waals surface area contributed by atoms with Crippen LogP contribution in [0.15, 0.2) is 42.5 Å². The number of rotatable bonds is 2. The van der Waals surface area contributed by atoms with E-state index in [1.807, 2.05) is 0 Å². The quantitative estimate of drug-likeness (QED) is 0.729. The molecule has 0 aromatic heterocycles. The maximum atomic E-state index is 13.2. The lowest BCUT2D eigenvalue weighted by molar-refractivity contribution is -0.137. The largest absolute Gasteiger partial charge is 0.496 e. The number of benzene rings is 2. The van der Waals surface area contributed by atoms with Crippen molar-refractivity contribution in [3.05, 3.63) is 53.8 Å². The van der Waals surface area contributed by atoms with Gasteiger partial charge in [-0.15, -0.1) is 0 Å². The van der Waals surface area contributed by atoms with Gasteiger partial charge >= 0.3 is 6.18 Å². The lowest BCUT2D eigenvalue weighted by atomic mass is 10.0. The van der Waals surface area contributed by atoms with E-state index in [1.54, 1.807) is 0 Å². The number of hydrogen-bond donors (Lipinski definition) is 0. The van der Waals surface area contributed by atoms with Crippen LogP contribution in [0.25, 0.3) is 11.1 Å². The van der Waals surface area contributed by atoms with Crippen LogP contribution in [0.4, 0.5) is 17.6 Å². The maximum absolute atomic E-state index is 13.2. The van der Waals surface area contributed by atoms with Gasteiger partial charge in [-0.2, -0.15) is 13.2 Å². The first-order chi connectivity index (χ1) is 8.91. The SMILES string of the molecule is COc1ccc(C(F)(F)F)cc1-c1cccc(F)c1. The molecule has 19 heavy (non-hydrogen) atoms. The molecule has 0 amide bonds. The van der Waals surface area contributed by atoms with E-state index >= 15 is 0 Å². The number of alkyl halides is 3. The highest BCUT2D eigenvalue weighted by molar-refractivity contribution is 5.71.